The van der Waals surface area contributed by atoms with Gasteiger partial charge < -0.3 is 4.74 Å². The van der Waals surface area contributed by atoms with Crippen LogP contribution in [0, 0.1) is 10.7 Å². The number of pyridine rings is 1. The first-order valence-electron chi connectivity index (χ1n) is 30.2. The van der Waals surface area contributed by atoms with E-state index >= 15 is 0 Å². The molecule has 16 rings (SSSR count). The van der Waals surface area contributed by atoms with Crippen molar-refractivity contribution in [1.29, 1.82) is 0 Å². The van der Waals surface area contributed by atoms with Crippen LogP contribution in [0.2, 0.25) is 0 Å². The summed E-state index contributed by atoms with van der Waals surface area (Å²) in [7, 11) is 0. The molecule has 0 atom stereocenters. The van der Waals surface area contributed by atoms with Crippen LogP contribution < -0.4 is 9.47 Å². The third-order valence-corrected chi connectivity index (χ3v) is 18.3. The molecular weight excluding hydrogens is 1220 g/mol. The summed E-state index contributed by atoms with van der Waals surface area (Å²) in [5.74, 6) is 3.33. The molecule has 0 saturated carbocycles. The van der Waals surface area contributed by atoms with Crippen molar-refractivity contribution in [1.82, 2.24) is 18.7 Å². The molecule has 3 aromatic heterocycles. The van der Waals surface area contributed by atoms with Crippen LogP contribution in [0.4, 0.5) is 0 Å². The maximum atomic E-state index is 9.09. The Labute approximate surface area is 508 Å². The summed E-state index contributed by atoms with van der Waals surface area (Å²) in [6, 6.07) is 91.0. The summed E-state index contributed by atoms with van der Waals surface area (Å²) in [4.78, 5) is 5.26. The van der Waals surface area contributed by atoms with Crippen molar-refractivity contribution in [2.45, 2.75) is 38.5 Å². The Balaban J connectivity index is 0.887. The third kappa shape index (κ3) is 7.96. The number of hydrogen-bond donors (Lipinski definition) is 0. The van der Waals surface area contributed by atoms with Gasteiger partial charge in [-0.05, 0) is 63.3 Å². The van der Waals surface area contributed by atoms with Gasteiger partial charge in [0.1, 0.15) is 11.5 Å². The summed E-state index contributed by atoms with van der Waals surface area (Å²) in [5, 5.41) is 1.96. The van der Waals surface area contributed by atoms with E-state index in [0.717, 1.165) is 121 Å². The van der Waals surface area contributed by atoms with Crippen LogP contribution in [-0.2, 0) is 30.2 Å². The van der Waals surface area contributed by atoms with Crippen molar-refractivity contribution in [3.63, 3.8) is 0 Å². The van der Waals surface area contributed by atoms with E-state index in [1.165, 1.54) is 5.56 Å². The van der Waals surface area contributed by atoms with Gasteiger partial charge in [0, 0.05) is 27.0 Å². The number of nitrogens with zero attached hydrogens (tertiary/aromatic N) is 4. The zero-order chi connectivity index (χ0) is 59.6. The quantitative estimate of drug-likeness (QED) is 0.152. The summed E-state index contributed by atoms with van der Waals surface area (Å²) in [5.41, 5.74) is 18.8. The molecule has 1 aliphatic carbocycles. The van der Waals surface area contributed by atoms with Gasteiger partial charge in [-0.15, -0.1) is 0 Å². The SMILES string of the molecule is [2H]C([2H])([2H])c1cc(-n2c3cc(Oc4cccc(-n5[c](=[Pt])n(-c6c(-c7ccccc7)cccc6-c6ccccc6)c6ccccc65)c4)ccc3c3cc4c(cc32)C2(c3ccccc3Oc3ccccc32)c2ccccc2-4)ncc1-c1ccc(C(C)(C)C)cc1. The first-order valence-corrected chi connectivity index (χ1v) is 29.9. The molecule has 85 heavy (non-hydrogen) atoms. The van der Waals surface area contributed by atoms with Crippen molar-refractivity contribution < 1.29 is 32.9 Å². The fourth-order valence-electron chi connectivity index (χ4n) is 13.5. The maximum absolute atomic E-state index is 9.09. The average molecular weight is 1280 g/mol. The first kappa shape index (κ1) is 47.6. The second kappa shape index (κ2) is 19.6. The second-order valence-corrected chi connectivity index (χ2v) is 24.2. The molecule has 0 saturated heterocycles. The van der Waals surface area contributed by atoms with Crippen molar-refractivity contribution >= 4 is 32.8 Å². The van der Waals surface area contributed by atoms with Crippen LogP contribution in [0.5, 0.6) is 23.0 Å². The molecule has 7 heteroatoms. The zero-order valence-electron chi connectivity index (χ0n) is 49.8. The van der Waals surface area contributed by atoms with Gasteiger partial charge in [-0.2, -0.15) is 0 Å². The molecule has 0 bridgehead atoms. The third-order valence-electron chi connectivity index (χ3n) is 17.3. The van der Waals surface area contributed by atoms with Crippen molar-refractivity contribution in [3.8, 4) is 84.7 Å². The van der Waals surface area contributed by atoms with Crippen molar-refractivity contribution in [2.75, 3.05) is 0 Å². The van der Waals surface area contributed by atoms with Gasteiger partial charge in [0.25, 0.3) is 0 Å². The van der Waals surface area contributed by atoms with E-state index in [-0.39, 0.29) is 11.0 Å². The summed E-state index contributed by atoms with van der Waals surface area (Å²) in [6.45, 7) is 4.05. The van der Waals surface area contributed by atoms with Gasteiger partial charge in [0.2, 0.25) is 0 Å². The molecule has 1 spiro atoms. The molecule has 410 valence electrons. The standard InChI is InChI=1S/C78H56N4O2.Pt/c1-50-43-75(79-48-64(50)53-37-39-54(40-38-53)77(2,3)4)82-71-45-57(41-42-61(71)63-46-62-60-27-11-12-30-65(60)78(68(62)47-72(63)82)66-31-13-17-35-73(66)84-74-36-18-14-32-67(74)78)83-56-26-19-25-55(44-56)80-49-81(70-34-16-15-33-69(70)80)76-58(51-21-7-5-8-22-51)28-20-29-59(76)52-23-9-6-10-24-52;/h5-48H,1-4H3;/i1D3;. The van der Waals surface area contributed by atoms with Crippen LogP contribution in [-0.4, -0.2) is 18.7 Å². The normalized spacial score (nSPS) is 13.6. The molecule has 6 nitrogen and oxygen atoms in total. The number of aromatic nitrogens is 4. The average Bonchev–Trinajstić information content (AvgIpc) is 1.55. The van der Waals surface area contributed by atoms with Gasteiger partial charge >= 0.3 is 294 Å². The minimum atomic E-state index is -2.48. The minimum Gasteiger partial charge on any atom is -0.457 e. The molecule has 0 amide bonds. The number of hydrogen-bond acceptors (Lipinski definition) is 3. The second-order valence-electron chi connectivity index (χ2n) is 23.2. The minimum absolute atomic E-state index is 0.0756. The number of rotatable bonds is 8. The Kier molecular flexibility index (Phi) is 11.0. The molecule has 14 aromatic rings. The number of ether oxygens (including phenoxy) is 2. The Bertz CT molecular complexity index is 5110. The number of imidazole rings is 1. The molecule has 11 aromatic carbocycles. The molecule has 0 fully saturated rings. The van der Waals surface area contributed by atoms with E-state index in [1.54, 1.807) is 12.3 Å². The van der Waals surface area contributed by atoms with Crippen LogP contribution >= 0.6 is 0 Å². The number of fused-ring (bicyclic) bond motifs is 13. The molecule has 1 aliphatic heterocycles. The van der Waals surface area contributed by atoms with Crippen LogP contribution in [0.15, 0.2) is 267 Å². The number of para-hydroxylation sites is 5. The fraction of sp³-hybridized carbons (Fsp3) is 0.0769. The van der Waals surface area contributed by atoms with Crippen LogP contribution in [0.3, 0.4) is 0 Å². The Morgan fingerprint density at radius 1 is 0.447 bits per heavy atom. The Morgan fingerprint density at radius 2 is 1.02 bits per heavy atom. The van der Waals surface area contributed by atoms with Gasteiger partial charge in [0.05, 0.1) is 5.41 Å². The zero-order valence-corrected chi connectivity index (χ0v) is 49.1. The van der Waals surface area contributed by atoms with Gasteiger partial charge in [0.15, 0.2) is 0 Å². The van der Waals surface area contributed by atoms with E-state index < -0.39 is 12.3 Å². The molecule has 0 unspecified atom stereocenters. The smallest absolute Gasteiger partial charge is 0.457 e. The molecule has 4 heterocycles. The fourth-order valence-corrected chi connectivity index (χ4v) is 14.6. The van der Waals surface area contributed by atoms with E-state index in [9.17, 15) is 0 Å². The van der Waals surface area contributed by atoms with E-state index in [1.807, 2.05) is 42.5 Å². The molecular formula is C78H56N4O2Pt. The topological polar surface area (TPSA) is 46.1 Å². The monoisotopic (exact) mass is 1280 g/mol. The molecule has 2 aliphatic rings. The van der Waals surface area contributed by atoms with E-state index in [2.05, 4.69) is 266 Å². The van der Waals surface area contributed by atoms with E-state index in [0.29, 0.717) is 22.9 Å². The molecule has 0 N–H and O–H groups in total. The predicted octanol–water partition coefficient (Wildman–Crippen LogP) is 19.9. The van der Waals surface area contributed by atoms with Crippen molar-refractivity contribution in [2.24, 2.45) is 0 Å². The molecule has 0 radical (unpaired) electrons. The van der Waals surface area contributed by atoms with Gasteiger partial charge in [-0.1, -0.05) is 106 Å². The van der Waals surface area contributed by atoms with Crippen molar-refractivity contribution in [3.05, 3.63) is 304 Å². The summed E-state index contributed by atoms with van der Waals surface area (Å²) >= 11 is 2.49. The van der Waals surface area contributed by atoms with Gasteiger partial charge in [-0.3, -0.25) is 0 Å². The Morgan fingerprint density at radius 3 is 1.71 bits per heavy atom. The van der Waals surface area contributed by atoms with Crippen LogP contribution in [0.1, 0.15) is 58.3 Å². The summed E-state index contributed by atoms with van der Waals surface area (Å²) in [6.07, 6.45) is 1.74. The number of aryl methyl sites for hydroxylation is 1. The van der Waals surface area contributed by atoms with E-state index in [4.69, 9.17) is 18.6 Å². The summed E-state index contributed by atoms with van der Waals surface area (Å²) < 4.78 is 48.9. The Hall–Kier alpha value is -9.87. The number of benzene rings is 11. The van der Waals surface area contributed by atoms with Crippen LogP contribution in [0.25, 0.3) is 94.5 Å². The predicted molar refractivity (Wildman–Crippen MR) is 342 cm³/mol. The first-order chi connectivity index (χ1) is 42.8. The van der Waals surface area contributed by atoms with Gasteiger partial charge in [-0.25, -0.2) is 0 Å².